The van der Waals surface area contributed by atoms with Crippen LogP contribution >= 0.6 is 0 Å². The highest BCUT2D eigenvalue weighted by Gasteiger charge is 2.06. The lowest BCUT2D eigenvalue weighted by atomic mass is 10.0. The molecule has 0 N–H and O–H groups in total. The first kappa shape index (κ1) is 21.1. The molecule has 1 unspecified atom stereocenters. The molecular formula is C23H40O. The summed E-state index contributed by atoms with van der Waals surface area (Å²) in [4.78, 5) is 0. The molecule has 1 heteroatoms. The molecule has 0 radical (unpaired) electrons. The van der Waals surface area contributed by atoms with Gasteiger partial charge in [-0.1, -0.05) is 90.7 Å². The van der Waals surface area contributed by atoms with Crippen molar-refractivity contribution >= 4 is 0 Å². The van der Waals surface area contributed by atoms with E-state index in [2.05, 4.69) is 45.0 Å². The number of ether oxygens (including phenoxy) is 1. The summed E-state index contributed by atoms with van der Waals surface area (Å²) in [5.74, 6) is 1.74. The molecule has 0 aliphatic heterocycles. The molecule has 0 bridgehead atoms. The monoisotopic (exact) mass is 332 g/mol. The topological polar surface area (TPSA) is 9.23 Å². The zero-order valence-corrected chi connectivity index (χ0v) is 16.5. The van der Waals surface area contributed by atoms with Crippen LogP contribution in [0.25, 0.3) is 0 Å². The van der Waals surface area contributed by atoms with Gasteiger partial charge in [0.15, 0.2) is 0 Å². The van der Waals surface area contributed by atoms with Gasteiger partial charge in [-0.25, -0.2) is 0 Å². The Kier molecular flexibility index (Phi) is 12.6. The summed E-state index contributed by atoms with van der Waals surface area (Å²) >= 11 is 0. The van der Waals surface area contributed by atoms with Gasteiger partial charge in [0.05, 0.1) is 6.61 Å². The van der Waals surface area contributed by atoms with Crippen molar-refractivity contribution in [2.24, 2.45) is 5.92 Å². The number of hydrogen-bond donors (Lipinski definition) is 0. The number of benzene rings is 1. The van der Waals surface area contributed by atoms with E-state index in [1.54, 1.807) is 0 Å². The highest BCUT2D eigenvalue weighted by Crippen LogP contribution is 2.18. The van der Waals surface area contributed by atoms with Gasteiger partial charge in [0.2, 0.25) is 0 Å². The number of unbranched alkanes of at least 4 members (excludes halogenated alkanes) is 7. The van der Waals surface area contributed by atoms with Crippen LogP contribution in [0.15, 0.2) is 24.3 Å². The molecule has 1 aromatic rings. The molecule has 0 aliphatic carbocycles. The lowest BCUT2D eigenvalue weighted by Crippen LogP contribution is -2.11. The fourth-order valence-electron chi connectivity index (χ4n) is 3.15. The van der Waals surface area contributed by atoms with E-state index in [1.165, 1.54) is 82.6 Å². The Morgan fingerprint density at radius 3 is 2.00 bits per heavy atom. The molecule has 0 heterocycles. The maximum Gasteiger partial charge on any atom is 0.119 e. The van der Waals surface area contributed by atoms with E-state index < -0.39 is 0 Å². The summed E-state index contributed by atoms with van der Waals surface area (Å²) in [6, 6.07) is 8.81. The largest absolute Gasteiger partial charge is 0.493 e. The predicted molar refractivity (Wildman–Crippen MR) is 107 cm³/mol. The molecule has 0 aromatic heterocycles. The fourth-order valence-corrected chi connectivity index (χ4v) is 3.15. The Morgan fingerprint density at radius 2 is 1.38 bits per heavy atom. The van der Waals surface area contributed by atoms with Crippen molar-refractivity contribution in [1.29, 1.82) is 0 Å². The van der Waals surface area contributed by atoms with Crippen LogP contribution in [0.2, 0.25) is 0 Å². The molecule has 1 rings (SSSR count). The highest BCUT2D eigenvalue weighted by atomic mass is 16.5. The van der Waals surface area contributed by atoms with E-state index in [9.17, 15) is 0 Å². The highest BCUT2D eigenvalue weighted by molar-refractivity contribution is 5.27. The van der Waals surface area contributed by atoms with Gasteiger partial charge in [0.25, 0.3) is 0 Å². The van der Waals surface area contributed by atoms with Gasteiger partial charge < -0.3 is 4.74 Å². The molecule has 0 spiro atoms. The van der Waals surface area contributed by atoms with Crippen molar-refractivity contribution in [3.63, 3.8) is 0 Å². The molecule has 24 heavy (non-hydrogen) atoms. The lowest BCUT2D eigenvalue weighted by Gasteiger charge is -2.15. The Bertz CT molecular complexity index is 382. The van der Waals surface area contributed by atoms with Crippen LogP contribution in [0, 0.1) is 5.92 Å². The zero-order chi connectivity index (χ0) is 17.5. The molecule has 0 aliphatic rings. The van der Waals surface area contributed by atoms with Gasteiger partial charge in [0, 0.05) is 0 Å². The second-order valence-corrected chi connectivity index (χ2v) is 7.24. The SMILES string of the molecule is CCCCCCCCCc1ccc(OCC(CC)CCCC)cc1. The van der Waals surface area contributed by atoms with E-state index in [4.69, 9.17) is 4.74 Å². The van der Waals surface area contributed by atoms with Gasteiger partial charge in [0.1, 0.15) is 5.75 Å². The molecule has 0 saturated heterocycles. The number of hydrogen-bond acceptors (Lipinski definition) is 1. The third-order valence-electron chi connectivity index (χ3n) is 5.02. The Balaban J connectivity index is 2.18. The summed E-state index contributed by atoms with van der Waals surface area (Å²) in [7, 11) is 0. The van der Waals surface area contributed by atoms with Gasteiger partial charge >= 0.3 is 0 Å². The van der Waals surface area contributed by atoms with Crippen molar-refractivity contribution < 1.29 is 4.74 Å². The summed E-state index contributed by atoms with van der Waals surface area (Å²) in [5.41, 5.74) is 1.45. The second-order valence-electron chi connectivity index (χ2n) is 7.24. The van der Waals surface area contributed by atoms with Gasteiger partial charge in [-0.05, 0) is 42.9 Å². The van der Waals surface area contributed by atoms with Crippen molar-refractivity contribution in [3.8, 4) is 5.75 Å². The lowest BCUT2D eigenvalue weighted by molar-refractivity contribution is 0.233. The van der Waals surface area contributed by atoms with Crippen molar-refractivity contribution in [3.05, 3.63) is 29.8 Å². The molecular weight excluding hydrogens is 292 g/mol. The third-order valence-corrected chi connectivity index (χ3v) is 5.02. The zero-order valence-electron chi connectivity index (χ0n) is 16.5. The van der Waals surface area contributed by atoms with Crippen LogP contribution in [0.4, 0.5) is 0 Å². The van der Waals surface area contributed by atoms with Crippen molar-refractivity contribution in [2.45, 2.75) is 97.8 Å². The second kappa shape index (κ2) is 14.4. The van der Waals surface area contributed by atoms with Gasteiger partial charge in [-0.2, -0.15) is 0 Å². The fraction of sp³-hybridized carbons (Fsp3) is 0.739. The van der Waals surface area contributed by atoms with Crippen LogP contribution in [0.5, 0.6) is 5.75 Å². The van der Waals surface area contributed by atoms with Crippen LogP contribution in [-0.4, -0.2) is 6.61 Å². The first-order valence-corrected chi connectivity index (χ1v) is 10.5. The molecule has 1 aromatic carbocycles. The average Bonchev–Trinajstić information content (AvgIpc) is 2.62. The Hall–Kier alpha value is -0.980. The van der Waals surface area contributed by atoms with Crippen molar-refractivity contribution in [2.75, 3.05) is 6.61 Å². The maximum atomic E-state index is 5.99. The Morgan fingerprint density at radius 1 is 0.750 bits per heavy atom. The molecule has 0 fully saturated rings. The molecule has 1 nitrogen and oxygen atoms in total. The van der Waals surface area contributed by atoms with Gasteiger partial charge in [-0.15, -0.1) is 0 Å². The van der Waals surface area contributed by atoms with E-state index >= 15 is 0 Å². The summed E-state index contributed by atoms with van der Waals surface area (Å²) in [5, 5.41) is 0. The standard InChI is InChI=1S/C23H40O/c1-4-7-9-10-11-12-13-15-22-16-18-23(19-17-22)24-20-21(6-3)14-8-5-2/h16-19,21H,4-15,20H2,1-3H3. The first-order chi connectivity index (χ1) is 11.8. The molecule has 0 amide bonds. The van der Waals surface area contributed by atoms with E-state index in [1.807, 2.05) is 0 Å². The number of rotatable bonds is 15. The van der Waals surface area contributed by atoms with E-state index in [0.29, 0.717) is 5.92 Å². The normalized spacial score (nSPS) is 12.3. The number of aryl methyl sites for hydroxylation is 1. The van der Waals surface area contributed by atoms with Crippen LogP contribution in [0.1, 0.15) is 97.0 Å². The minimum absolute atomic E-state index is 0.706. The van der Waals surface area contributed by atoms with Crippen molar-refractivity contribution in [1.82, 2.24) is 0 Å². The smallest absolute Gasteiger partial charge is 0.119 e. The summed E-state index contributed by atoms with van der Waals surface area (Å²) in [6.07, 6.45) is 16.0. The maximum absolute atomic E-state index is 5.99. The minimum atomic E-state index is 0.706. The van der Waals surface area contributed by atoms with Crippen LogP contribution < -0.4 is 4.74 Å². The van der Waals surface area contributed by atoms with Crippen LogP contribution in [-0.2, 0) is 6.42 Å². The Labute approximate surface area is 151 Å². The van der Waals surface area contributed by atoms with Gasteiger partial charge in [-0.3, -0.25) is 0 Å². The third kappa shape index (κ3) is 10.0. The minimum Gasteiger partial charge on any atom is -0.493 e. The van der Waals surface area contributed by atoms with E-state index in [0.717, 1.165) is 12.4 Å². The summed E-state index contributed by atoms with van der Waals surface area (Å²) in [6.45, 7) is 7.68. The van der Waals surface area contributed by atoms with Crippen LogP contribution in [0.3, 0.4) is 0 Å². The predicted octanol–water partition coefficient (Wildman–Crippen LogP) is 7.57. The average molecular weight is 333 g/mol. The van der Waals surface area contributed by atoms with E-state index in [-0.39, 0.29) is 0 Å². The molecule has 0 saturated carbocycles. The first-order valence-electron chi connectivity index (χ1n) is 10.5. The molecule has 1 atom stereocenters. The molecule has 138 valence electrons. The quantitative estimate of drug-likeness (QED) is 0.301. The summed E-state index contributed by atoms with van der Waals surface area (Å²) < 4.78 is 5.99.